The quantitative estimate of drug-likeness (QED) is 0.335. The zero-order valence-corrected chi connectivity index (χ0v) is 19.3. The van der Waals surface area contributed by atoms with Crippen LogP contribution in [0.3, 0.4) is 0 Å². The predicted octanol–water partition coefficient (Wildman–Crippen LogP) is 3.31. The molecule has 2 aromatic rings. The Labute approximate surface area is 197 Å². The molecule has 2 fully saturated rings. The molecule has 2 N–H and O–H groups in total. The van der Waals surface area contributed by atoms with Crippen molar-refractivity contribution in [2.45, 2.75) is 45.4 Å². The molecule has 0 atom stereocenters. The maximum absolute atomic E-state index is 11.3. The largest absolute Gasteiger partial charge is 0.504 e. The first-order valence-electron chi connectivity index (χ1n) is 11.7. The highest BCUT2D eigenvalue weighted by molar-refractivity contribution is 5.86. The minimum Gasteiger partial charge on any atom is -0.504 e. The smallest absolute Gasteiger partial charge is 0.274 e. The number of nitro benzene ring substituents is 1. The van der Waals surface area contributed by atoms with E-state index in [4.69, 9.17) is 9.72 Å². The summed E-state index contributed by atoms with van der Waals surface area (Å²) in [5, 5.41) is 25.8. The number of hydrogen-bond acceptors (Lipinski definition) is 11. The first-order chi connectivity index (χ1) is 16.5. The molecule has 2 saturated heterocycles. The zero-order valence-electron chi connectivity index (χ0n) is 19.3. The van der Waals surface area contributed by atoms with Crippen LogP contribution in [0.25, 0.3) is 0 Å². The molecular formula is C22H30N8O4. The lowest BCUT2D eigenvalue weighted by molar-refractivity contribution is -0.385. The highest BCUT2D eigenvalue weighted by Gasteiger charge is 2.20. The average molecular weight is 471 g/mol. The highest BCUT2D eigenvalue weighted by Crippen LogP contribution is 2.34. The lowest BCUT2D eigenvalue weighted by Crippen LogP contribution is -2.34. The molecule has 12 heteroatoms. The van der Waals surface area contributed by atoms with Crippen LogP contribution in [0, 0.1) is 10.1 Å². The summed E-state index contributed by atoms with van der Waals surface area (Å²) in [6.45, 7) is 5.57. The Morgan fingerprint density at radius 3 is 2.18 bits per heavy atom. The van der Waals surface area contributed by atoms with Gasteiger partial charge >= 0.3 is 0 Å². The number of non-ortho nitro benzene ring substituents is 1. The molecule has 3 heterocycles. The second-order valence-corrected chi connectivity index (χ2v) is 8.30. The third kappa shape index (κ3) is 5.61. The van der Waals surface area contributed by atoms with E-state index in [2.05, 4.69) is 30.3 Å². The third-order valence-electron chi connectivity index (χ3n) is 5.86. The lowest BCUT2D eigenvalue weighted by atomic mass is 10.1. The van der Waals surface area contributed by atoms with Gasteiger partial charge in [-0.3, -0.25) is 10.1 Å². The number of nitrogens with one attached hydrogen (secondary N) is 1. The van der Waals surface area contributed by atoms with Crippen molar-refractivity contribution in [1.29, 1.82) is 0 Å². The molecule has 2 aliphatic rings. The van der Waals surface area contributed by atoms with Crippen LogP contribution in [0.4, 0.5) is 23.5 Å². The van der Waals surface area contributed by atoms with Crippen molar-refractivity contribution in [3.05, 3.63) is 27.8 Å². The summed E-state index contributed by atoms with van der Waals surface area (Å²) in [6.07, 6.45) is 8.08. The van der Waals surface area contributed by atoms with Crippen LogP contribution in [0.15, 0.2) is 17.2 Å². The van der Waals surface area contributed by atoms with Crippen LogP contribution in [0.5, 0.6) is 11.5 Å². The fraction of sp³-hybridized carbons (Fsp3) is 0.545. The minimum absolute atomic E-state index is 0.0260. The molecule has 4 rings (SSSR count). The molecule has 1 aromatic carbocycles. The summed E-state index contributed by atoms with van der Waals surface area (Å²) in [4.78, 5) is 28.9. The maximum atomic E-state index is 11.3. The van der Waals surface area contributed by atoms with E-state index in [9.17, 15) is 15.2 Å². The number of hydrogen-bond donors (Lipinski definition) is 2. The van der Waals surface area contributed by atoms with Crippen molar-refractivity contribution in [3.8, 4) is 11.5 Å². The topological polar surface area (TPSA) is 142 Å². The Balaban J connectivity index is 1.59. The second kappa shape index (κ2) is 10.9. The van der Waals surface area contributed by atoms with Gasteiger partial charge in [0, 0.05) is 37.8 Å². The summed E-state index contributed by atoms with van der Waals surface area (Å²) in [7, 11) is 0. The number of nitrogens with zero attached hydrogens (tertiary/aromatic N) is 7. The molecule has 0 aliphatic carbocycles. The van der Waals surface area contributed by atoms with E-state index in [-0.39, 0.29) is 35.3 Å². The van der Waals surface area contributed by atoms with Crippen molar-refractivity contribution in [3.63, 3.8) is 0 Å². The summed E-state index contributed by atoms with van der Waals surface area (Å²) >= 11 is 0. The van der Waals surface area contributed by atoms with Gasteiger partial charge in [0.05, 0.1) is 23.8 Å². The van der Waals surface area contributed by atoms with E-state index in [0.29, 0.717) is 11.9 Å². The molecule has 0 amide bonds. The normalized spacial score (nSPS) is 16.6. The molecule has 0 spiro atoms. The van der Waals surface area contributed by atoms with Gasteiger partial charge in [-0.05, 0) is 45.4 Å². The predicted molar refractivity (Wildman–Crippen MR) is 129 cm³/mol. The van der Waals surface area contributed by atoms with Crippen molar-refractivity contribution >= 4 is 29.7 Å². The van der Waals surface area contributed by atoms with Gasteiger partial charge in [-0.1, -0.05) is 0 Å². The molecular weight excluding hydrogens is 440 g/mol. The van der Waals surface area contributed by atoms with Gasteiger partial charge in [-0.15, -0.1) is 0 Å². The number of hydrazone groups is 1. The van der Waals surface area contributed by atoms with Crippen LogP contribution in [0.2, 0.25) is 0 Å². The summed E-state index contributed by atoms with van der Waals surface area (Å²) < 4.78 is 5.32. The molecule has 0 unspecified atom stereocenters. The van der Waals surface area contributed by atoms with Crippen LogP contribution in [-0.4, -0.2) is 64.0 Å². The van der Waals surface area contributed by atoms with Crippen molar-refractivity contribution in [2.75, 3.05) is 48.0 Å². The minimum atomic E-state index is -0.547. The number of phenolic OH excluding ortho intramolecular Hbond substituents is 1. The fourth-order valence-corrected chi connectivity index (χ4v) is 4.12. The second-order valence-electron chi connectivity index (χ2n) is 8.30. The Morgan fingerprint density at radius 1 is 1.06 bits per heavy atom. The Morgan fingerprint density at radius 2 is 1.65 bits per heavy atom. The van der Waals surface area contributed by atoms with Crippen LogP contribution < -0.4 is 20.0 Å². The number of phenols is 1. The van der Waals surface area contributed by atoms with Gasteiger partial charge in [0.15, 0.2) is 11.5 Å². The molecule has 0 bridgehead atoms. The first-order valence-corrected chi connectivity index (χ1v) is 11.7. The number of anilines is 3. The van der Waals surface area contributed by atoms with Crippen molar-refractivity contribution in [2.24, 2.45) is 5.10 Å². The maximum Gasteiger partial charge on any atom is 0.274 e. The standard InChI is InChI=1S/C22H30N8O4/c1-2-34-18-14-17(30(32)33)13-16(19(18)31)15-23-27-20-24-21(28-9-5-3-6-10-28)26-22(25-20)29-11-7-4-8-12-29/h13-15,31H,2-12H2,1H3,(H,24,25,26,27)/b23-15-. The van der Waals surface area contributed by atoms with Gasteiger partial charge < -0.3 is 19.6 Å². The summed E-state index contributed by atoms with van der Waals surface area (Å²) in [5.74, 6) is 1.31. The number of rotatable bonds is 8. The molecule has 0 radical (unpaired) electrons. The zero-order chi connectivity index (χ0) is 23.9. The van der Waals surface area contributed by atoms with E-state index >= 15 is 0 Å². The van der Waals surface area contributed by atoms with Crippen LogP contribution >= 0.6 is 0 Å². The lowest BCUT2D eigenvalue weighted by Gasteiger charge is -2.30. The van der Waals surface area contributed by atoms with Gasteiger partial charge in [-0.25, -0.2) is 5.43 Å². The van der Waals surface area contributed by atoms with E-state index < -0.39 is 4.92 Å². The Bertz CT molecular complexity index is 1000. The van der Waals surface area contributed by atoms with Gasteiger partial charge in [-0.2, -0.15) is 20.1 Å². The van der Waals surface area contributed by atoms with Crippen molar-refractivity contribution < 1.29 is 14.8 Å². The first kappa shape index (κ1) is 23.5. The average Bonchev–Trinajstić information content (AvgIpc) is 2.87. The molecule has 2 aliphatic heterocycles. The number of piperidine rings is 2. The Hall–Kier alpha value is -3.70. The SMILES string of the molecule is CCOc1cc([N+](=O)[O-])cc(/C=N\Nc2nc(N3CCCCC3)nc(N3CCCCC3)n2)c1O. The van der Waals surface area contributed by atoms with Gasteiger partial charge in [0.1, 0.15) is 0 Å². The Kier molecular flexibility index (Phi) is 7.55. The van der Waals surface area contributed by atoms with Gasteiger partial charge in [0.25, 0.3) is 5.69 Å². The van der Waals surface area contributed by atoms with Crippen molar-refractivity contribution in [1.82, 2.24) is 15.0 Å². The number of nitro groups is 1. The van der Waals surface area contributed by atoms with Gasteiger partial charge in [0.2, 0.25) is 17.8 Å². The molecule has 12 nitrogen and oxygen atoms in total. The van der Waals surface area contributed by atoms with E-state index in [1.807, 2.05) is 0 Å². The monoisotopic (exact) mass is 470 g/mol. The van der Waals surface area contributed by atoms with E-state index in [1.165, 1.54) is 31.2 Å². The van der Waals surface area contributed by atoms with Crippen LogP contribution in [-0.2, 0) is 0 Å². The van der Waals surface area contributed by atoms with E-state index in [1.54, 1.807) is 6.92 Å². The van der Waals surface area contributed by atoms with Crippen LogP contribution in [0.1, 0.15) is 51.0 Å². The number of aromatic hydroxyl groups is 1. The summed E-state index contributed by atoms with van der Waals surface area (Å²) in [6, 6.07) is 2.42. The summed E-state index contributed by atoms with van der Waals surface area (Å²) in [5.41, 5.74) is 2.75. The fourth-order valence-electron chi connectivity index (χ4n) is 4.12. The number of benzene rings is 1. The third-order valence-corrected chi connectivity index (χ3v) is 5.86. The molecule has 34 heavy (non-hydrogen) atoms. The molecule has 0 saturated carbocycles. The molecule has 182 valence electrons. The van der Waals surface area contributed by atoms with E-state index in [0.717, 1.165) is 51.9 Å². The number of aromatic nitrogens is 3. The highest BCUT2D eigenvalue weighted by atomic mass is 16.6. The molecule has 1 aromatic heterocycles. The number of ether oxygens (including phenoxy) is 1.